The Kier molecular flexibility index (Phi) is 3.08. The highest BCUT2D eigenvalue weighted by molar-refractivity contribution is 7.19. The van der Waals surface area contributed by atoms with E-state index >= 15 is 0 Å². The fraction of sp³-hybridized carbons (Fsp3) is 0.235. The number of aryl methyl sites for hydroxylation is 2. The predicted octanol–water partition coefficient (Wildman–Crippen LogP) is 3.79. The van der Waals surface area contributed by atoms with Gasteiger partial charge in [-0.25, -0.2) is 14.5 Å². The average molecular weight is 351 g/mol. The monoisotopic (exact) mass is 351 g/mol. The van der Waals surface area contributed by atoms with E-state index in [-0.39, 0.29) is 5.69 Å². The zero-order chi connectivity index (χ0) is 17.0. The molecule has 0 radical (unpaired) electrons. The van der Waals surface area contributed by atoms with Gasteiger partial charge in [0, 0.05) is 22.6 Å². The lowest BCUT2D eigenvalue weighted by Gasteiger charge is -2.09. The highest BCUT2D eigenvalue weighted by atomic mass is 32.1. The molecule has 0 spiro atoms. The highest BCUT2D eigenvalue weighted by Gasteiger charge is 2.21. The molecule has 25 heavy (non-hydrogen) atoms. The van der Waals surface area contributed by atoms with E-state index in [2.05, 4.69) is 15.1 Å². The van der Waals surface area contributed by atoms with E-state index in [0.717, 1.165) is 28.7 Å². The van der Waals surface area contributed by atoms with Crippen LogP contribution >= 0.6 is 11.3 Å². The molecule has 7 nitrogen and oxygen atoms in total. The van der Waals surface area contributed by atoms with Gasteiger partial charge in [-0.3, -0.25) is 10.1 Å². The number of nitrogens with zero attached hydrogens (tertiary/aromatic N) is 5. The summed E-state index contributed by atoms with van der Waals surface area (Å²) in [5.74, 6) is 0.480. The van der Waals surface area contributed by atoms with Crippen LogP contribution in [0.25, 0.3) is 27.3 Å². The van der Waals surface area contributed by atoms with Crippen molar-refractivity contribution in [3.05, 3.63) is 51.1 Å². The lowest BCUT2D eigenvalue weighted by atomic mass is 9.97. The van der Waals surface area contributed by atoms with Crippen molar-refractivity contribution in [2.75, 3.05) is 0 Å². The Morgan fingerprint density at radius 3 is 3.00 bits per heavy atom. The van der Waals surface area contributed by atoms with Crippen LogP contribution in [0.2, 0.25) is 0 Å². The summed E-state index contributed by atoms with van der Waals surface area (Å²) in [5, 5.41) is 16.6. The van der Waals surface area contributed by atoms with Crippen molar-refractivity contribution in [2.24, 2.45) is 0 Å². The Morgan fingerprint density at radius 1 is 1.24 bits per heavy atom. The third-order valence-electron chi connectivity index (χ3n) is 4.61. The van der Waals surface area contributed by atoms with Gasteiger partial charge in [-0.15, -0.1) is 16.4 Å². The van der Waals surface area contributed by atoms with Gasteiger partial charge in [-0.05, 0) is 31.2 Å². The van der Waals surface area contributed by atoms with E-state index in [1.165, 1.54) is 35.4 Å². The van der Waals surface area contributed by atoms with Crippen LogP contribution in [0, 0.1) is 10.1 Å². The number of rotatable bonds is 2. The van der Waals surface area contributed by atoms with Gasteiger partial charge in [0.05, 0.1) is 10.3 Å². The van der Waals surface area contributed by atoms with Crippen molar-refractivity contribution in [1.29, 1.82) is 0 Å². The maximum absolute atomic E-state index is 11.0. The fourth-order valence-electron chi connectivity index (χ4n) is 3.44. The Labute approximate surface area is 146 Å². The molecule has 0 saturated heterocycles. The molecule has 1 aromatic carbocycles. The number of hydrogen-bond acceptors (Lipinski definition) is 6. The molecular formula is C17H13N5O2S. The second-order valence-corrected chi connectivity index (χ2v) is 7.23. The van der Waals surface area contributed by atoms with Crippen LogP contribution in [0.5, 0.6) is 0 Å². The minimum absolute atomic E-state index is 0.0348. The number of nitro benzene ring substituents is 1. The summed E-state index contributed by atoms with van der Waals surface area (Å²) in [6.45, 7) is 0. The smallest absolute Gasteiger partial charge is 0.258 e. The molecule has 5 rings (SSSR count). The molecule has 0 saturated carbocycles. The standard InChI is InChI=1S/C17H13N5O2S/c23-22(24)11-5-3-4-10(8-11)15-19-16-14-12-6-1-2-7-13(12)25-17(14)18-9-21(16)20-15/h3-5,8-9H,1-2,6-7H2. The van der Waals surface area contributed by atoms with E-state index in [9.17, 15) is 10.1 Å². The molecule has 0 aliphatic heterocycles. The first-order chi connectivity index (χ1) is 12.2. The first kappa shape index (κ1) is 14.5. The van der Waals surface area contributed by atoms with Crippen molar-refractivity contribution >= 4 is 32.9 Å². The van der Waals surface area contributed by atoms with Crippen molar-refractivity contribution in [2.45, 2.75) is 25.7 Å². The summed E-state index contributed by atoms with van der Waals surface area (Å²) < 4.78 is 1.68. The molecule has 0 fully saturated rings. The van der Waals surface area contributed by atoms with Crippen LogP contribution < -0.4 is 0 Å². The molecule has 0 amide bonds. The second-order valence-electron chi connectivity index (χ2n) is 6.15. The molecule has 1 aliphatic rings. The van der Waals surface area contributed by atoms with Gasteiger partial charge in [0.15, 0.2) is 11.5 Å². The first-order valence-electron chi connectivity index (χ1n) is 8.11. The van der Waals surface area contributed by atoms with Crippen molar-refractivity contribution in [3.8, 4) is 11.4 Å². The largest absolute Gasteiger partial charge is 0.270 e. The summed E-state index contributed by atoms with van der Waals surface area (Å²) >= 11 is 1.74. The van der Waals surface area contributed by atoms with Crippen molar-refractivity contribution < 1.29 is 4.92 Å². The minimum Gasteiger partial charge on any atom is -0.258 e. The molecule has 0 unspecified atom stereocenters. The average Bonchev–Trinajstić information content (AvgIpc) is 3.22. The Balaban J connectivity index is 1.74. The molecular weight excluding hydrogens is 338 g/mol. The van der Waals surface area contributed by atoms with E-state index < -0.39 is 4.92 Å². The van der Waals surface area contributed by atoms with Gasteiger partial charge in [0.2, 0.25) is 0 Å². The first-order valence-corrected chi connectivity index (χ1v) is 8.93. The third kappa shape index (κ3) is 2.21. The zero-order valence-electron chi connectivity index (χ0n) is 13.2. The molecule has 0 atom stereocenters. The SMILES string of the molecule is O=[N+]([O-])c1cccc(-c2nc3c4c5c(sc4ncn3n2)CCCC5)c1. The fourth-order valence-corrected chi connectivity index (χ4v) is 4.66. The summed E-state index contributed by atoms with van der Waals surface area (Å²) in [4.78, 5) is 22.2. The number of aromatic nitrogens is 4. The molecule has 3 heterocycles. The maximum Gasteiger partial charge on any atom is 0.270 e. The highest BCUT2D eigenvalue weighted by Crippen LogP contribution is 2.37. The Hall–Kier alpha value is -2.87. The molecule has 8 heteroatoms. The van der Waals surface area contributed by atoms with Crippen molar-refractivity contribution in [1.82, 2.24) is 19.6 Å². The zero-order valence-corrected chi connectivity index (χ0v) is 14.0. The van der Waals surface area contributed by atoms with Gasteiger partial charge in [-0.2, -0.15) is 0 Å². The van der Waals surface area contributed by atoms with Crippen LogP contribution in [0.15, 0.2) is 30.6 Å². The van der Waals surface area contributed by atoms with Gasteiger partial charge >= 0.3 is 0 Å². The molecule has 3 aromatic heterocycles. The van der Waals surface area contributed by atoms with Gasteiger partial charge in [-0.1, -0.05) is 12.1 Å². The summed E-state index contributed by atoms with van der Waals surface area (Å²) in [5.41, 5.74) is 2.80. The third-order valence-corrected chi connectivity index (χ3v) is 5.81. The van der Waals surface area contributed by atoms with Crippen LogP contribution in [0.4, 0.5) is 5.69 Å². The Bertz CT molecular complexity index is 1150. The lowest BCUT2D eigenvalue weighted by Crippen LogP contribution is -1.99. The van der Waals surface area contributed by atoms with E-state index in [0.29, 0.717) is 11.4 Å². The van der Waals surface area contributed by atoms with E-state index in [4.69, 9.17) is 0 Å². The second kappa shape index (κ2) is 5.32. The van der Waals surface area contributed by atoms with E-state index in [1.807, 2.05) is 0 Å². The quantitative estimate of drug-likeness (QED) is 0.405. The van der Waals surface area contributed by atoms with Crippen LogP contribution in [-0.4, -0.2) is 24.5 Å². The number of hydrogen-bond donors (Lipinski definition) is 0. The molecule has 4 aromatic rings. The topological polar surface area (TPSA) is 86.2 Å². The predicted molar refractivity (Wildman–Crippen MR) is 94.9 cm³/mol. The summed E-state index contributed by atoms with van der Waals surface area (Å²) in [6.07, 6.45) is 6.24. The molecule has 124 valence electrons. The van der Waals surface area contributed by atoms with Crippen LogP contribution in [0.1, 0.15) is 23.3 Å². The Morgan fingerprint density at radius 2 is 2.12 bits per heavy atom. The summed E-state index contributed by atoms with van der Waals surface area (Å²) in [7, 11) is 0. The van der Waals surface area contributed by atoms with Crippen LogP contribution in [-0.2, 0) is 12.8 Å². The number of fused-ring (bicyclic) bond motifs is 5. The number of benzene rings is 1. The van der Waals surface area contributed by atoms with Gasteiger partial charge in [0.1, 0.15) is 11.2 Å². The molecule has 0 N–H and O–H groups in total. The summed E-state index contributed by atoms with van der Waals surface area (Å²) in [6, 6.07) is 6.41. The minimum atomic E-state index is -0.408. The number of nitro groups is 1. The van der Waals surface area contributed by atoms with Gasteiger partial charge < -0.3 is 0 Å². The molecule has 1 aliphatic carbocycles. The lowest BCUT2D eigenvalue weighted by molar-refractivity contribution is -0.384. The maximum atomic E-state index is 11.0. The normalized spacial score (nSPS) is 14.1. The van der Waals surface area contributed by atoms with Gasteiger partial charge in [0.25, 0.3) is 5.69 Å². The number of thiophene rings is 1. The van der Waals surface area contributed by atoms with E-state index in [1.54, 1.807) is 34.3 Å². The number of non-ortho nitro benzene ring substituents is 1. The molecule has 0 bridgehead atoms. The van der Waals surface area contributed by atoms with Crippen LogP contribution in [0.3, 0.4) is 0 Å². The van der Waals surface area contributed by atoms with Crippen molar-refractivity contribution in [3.63, 3.8) is 0 Å².